The van der Waals surface area contributed by atoms with Crippen molar-refractivity contribution >= 4 is 23.7 Å². The molecule has 0 aromatic carbocycles. The standard InChI is InChI=1S/3HO3P.Yb/c3*1-4(2)3;/h3*(H,1,2,3);/q;;;+3/p-3. The Morgan fingerprint density at radius 2 is 0.538 bits per heavy atom. The molecule has 1 radical (unpaired) electrons. The predicted octanol–water partition coefficient (Wildman–Crippen LogP) is -1.70. The van der Waals surface area contributed by atoms with Gasteiger partial charge in [-0.2, -0.15) is 0 Å². The van der Waals surface area contributed by atoms with Gasteiger partial charge in [-0.15, -0.1) is 0 Å². The van der Waals surface area contributed by atoms with E-state index in [-0.39, 0.29) is 46.9 Å². The van der Waals surface area contributed by atoms with E-state index in [2.05, 4.69) is 0 Å². The van der Waals surface area contributed by atoms with Crippen molar-refractivity contribution in [2.24, 2.45) is 0 Å². The quantitative estimate of drug-likeness (QED) is 0.422. The van der Waals surface area contributed by atoms with Crippen LogP contribution in [-0.2, 0) is 27.4 Å². The molecule has 13 heteroatoms. The summed E-state index contributed by atoms with van der Waals surface area (Å²) >= 11 is 0. The zero-order valence-electron chi connectivity index (χ0n) is 5.28. The van der Waals surface area contributed by atoms with E-state index in [4.69, 9.17) is 42.1 Å². The molecule has 0 spiro atoms. The van der Waals surface area contributed by atoms with Gasteiger partial charge in [-0.25, -0.2) is 0 Å². The first kappa shape index (κ1) is 23.7. The Balaban J connectivity index is -0.0000000450. The molecule has 0 fully saturated rings. The van der Waals surface area contributed by atoms with Crippen LogP contribution in [0.2, 0.25) is 0 Å². The number of hydrogen-bond donors (Lipinski definition) is 0. The van der Waals surface area contributed by atoms with E-state index < -0.39 is 23.7 Å². The van der Waals surface area contributed by atoms with Crippen molar-refractivity contribution in [3.8, 4) is 0 Å². The molecule has 0 heterocycles. The maximum atomic E-state index is 8.48. The van der Waals surface area contributed by atoms with Crippen LogP contribution in [0.15, 0.2) is 0 Å². The predicted molar refractivity (Wildman–Crippen MR) is 24.9 cm³/mol. The fourth-order valence-electron chi connectivity index (χ4n) is 0. The Morgan fingerprint density at radius 3 is 0.538 bits per heavy atom. The summed E-state index contributed by atoms with van der Waals surface area (Å²) in [6.07, 6.45) is 0. The van der Waals surface area contributed by atoms with E-state index in [1.165, 1.54) is 0 Å². The smallest absolute Gasteiger partial charge is 0.744 e. The summed E-state index contributed by atoms with van der Waals surface area (Å²) in [5.41, 5.74) is 0. The third kappa shape index (κ3) is 1340. The van der Waals surface area contributed by atoms with Gasteiger partial charge >= 0.3 is 46.9 Å². The SMILES string of the molecule is O=P(=O)[O-].O=P(=O)[O-].O=P(=O)[O-].[Yb+3]. The second kappa shape index (κ2) is 18.8. The van der Waals surface area contributed by atoms with Crippen LogP contribution in [0.1, 0.15) is 0 Å². The summed E-state index contributed by atoms with van der Waals surface area (Å²) in [6.45, 7) is 0. The molecule has 0 unspecified atom stereocenters. The minimum Gasteiger partial charge on any atom is -0.744 e. The van der Waals surface area contributed by atoms with Gasteiger partial charge in [0.05, 0.1) is 0 Å². The average Bonchev–Trinajstić information content (AvgIpc) is 1.54. The zero-order chi connectivity index (χ0) is 10.7. The van der Waals surface area contributed by atoms with Gasteiger partial charge in [-0.3, -0.25) is 27.4 Å². The van der Waals surface area contributed by atoms with Gasteiger partial charge in [0.15, 0.2) is 0 Å². The Bertz CT molecular complexity index is 208. The maximum Gasteiger partial charge on any atom is 3.00 e. The van der Waals surface area contributed by atoms with E-state index in [0.29, 0.717) is 0 Å². The molecule has 13 heavy (non-hydrogen) atoms. The molecule has 0 aliphatic rings. The van der Waals surface area contributed by atoms with E-state index >= 15 is 0 Å². The Hall–Kier alpha value is 1.10. The molecular formula is O9P3Yb. The third-order valence-electron chi connectivity index (χ3n) is 0. The second-order valence-corrected chi connectivity index (χ2v) is 2.01. The van der Waals surface area contributed by atoms with Crippen LogP contribution in [0.25, 0.3) is 0 Å². The van der Waals surface area contributed by atoms with Crippen molar-refractivity contribution < 1.29 is 89.0 Å². The van der Waals surface area contributed by atoms with Crippen LogP contribution in [0.3, 0.4) is 0 Å². The van der Waals surface area contributed by atoms with Gasteiger partial charge in [0.25, 0.3) is 0 Å². The van der Waals surface area contributed by atoms with Crippen molar-refractivity contribution in [3.05, 3.63) is 0 Å². The van der Waals surface area contributed by atoms with E-state index in [1.807, 2.05) is 0 Å². The van der Waals surface area contributed by atoms with Gasteiger partial charge < -0.3 is 14.7 Å². The van der Waals surface area contributed by atoms with Crippen molar-refractivity contribution in [2.45, 2.75) is 0 Å². The molecule has 0 atom stereocenters. The third-order valence-corrected chi connectivity index (χ3v) is 0. The molecule has 0 N–H and O–H groups in total. The van der Waals surface area contributed by atoms with Gasteiger partial charge in [-0.05, 0) is 0 Å². The zero-order valence-corrected chi connectivity index (χ0v) is 9.68. The summed E-state index contributed by atoms with van der Waals surface area (Å²) in [7, 11) is -10.1. The van der Waals surface area contributed by atoms with Crippen LogP contribution < -0.4 is 14.7 Å². The molecule has 0 rings (SSSR count). The van der Waals surface area contributed by atoms with E-state index in [9.17, 15) is 0 Å². The molecule has 0 aliphatic carbocycles. The van der Waals surface area contributed by atoms with Gasteiger partial charge in [0.1, 0.15) is 0 Å². The van der Waals surface area contributed by atoms with Crippen LogP contribution in [0, 0.1) is 46.9 Å². The monoisotopic (exact) mass is 411 g/mol. The first-order valence-electron chi connectivity index (χ1n) is 1.64. The van der Waals surface area contributed by atoms with Crippen molar-refractivity contribution in [2.75, 3.05) is 0 Å². The minimum absolute atomic E-state index is 0. The van der Waals surface area contributed by atoms with Crippen LogP contribution in [0.4, 0.5) is 0 Å². The van der Waals surface area contributed by atoms with Gasteiger partial charge in [0.2, 0.25) is 23.7 Å². The topological polar surface area (TPSA) is 172 Å². The summed E-state index contributed by atoms with van der Waals surface area (Å²) < 4.78 is 50.9. The molecular weight excluding hydrogens is 410 g/mol. The molecule has 0 saturated heterocycles. The fraction of sp³-hybridized carbons (Fsp3) is 0. The normalized spacial score (nSPS) is 5.77. The second-order valence-electron chi connectivity index (χ2n) is 0.671. The van der Waals surface area contributed by atoms with Crippen LogP contribution in [-0.4, -0.2) is 0 Å². The van der Waals surface area contributed by atoms with E-state index in [1.54, 1.807) is 0 Å². The summed E-state index contributed by atoms with van der Waals surface area (Å²) in [4.78, 5) is 25.4. The first-order chi connectivity index (χ1) is 5.20. The van der Waals surface area contributed by atoms with Crippen LogP contribution in [0.5, 0.6) is 0 Å². The molecule has 0 aromatic heterocycles. The Kier molecular flexibility index (Phi) is 34.3. The van der Waals surface area contributed by atoms with Crippen molar-refractivity contribution in [1.29, 1.82) is 0 Å². The average molecular weight is 410 g/mol. The molecule has 0 bridgehead atoms. The fourth-order valence-corrected chi connectivity index (χ4v) is 0. The summed E-state index contributed by atoms with van der Waals surface area (Å²) in [5.74, 6) is 0. The van der Waals surface area contributed by atoms with Crippen molar-refractivity contribution in [3.63, 3.8) is 0 Å². The minimum atomic E-state index is -3.37. The Labute approximate surface area is 111 Å². The Morgan fingerprint density at radius 1 is 0.538 bits per heavy atom. The number of rotatable bonds is 0. The van der Waals surface area contributed by atoms with Gasteiger partial charge in [0, 0.05) is 0 Å². The van der Waals surface area contributed by atoms with E-state index in [0.717, 1.165) is 0 Å². The van der Waals surface area contributed by atoms with Crippen LogP contribution >= 0.6 is 23.7 Å². The molecule has 83 valence electrons. The first-order valence-corrected chi connectivity index (χ1v) is 4.93. The summed E-state index contributed by atoms with van der Waals surface area (Å²) in [5, 5.41) is 0. The number of hydrogen-bond acceptors (Lipinski definition) is 9. The van der Waals surface area contributed by atoms with Gasteiger partial charge in [-0.1, -0.05) is 0 Å². The summed E-state index contributed by atoms with van der Waals surface area (Å²) in [6, 6.07) is 0. The van der Waals surface area contributed by atoms with Crippen molar-refractivity contribution in [1.82, 2.24) is 0 Å². The molecule has 0 saturated carbocycles. The molecule has 9 nitrogen and oxygen atoms in total. The largest absolute Gasteiger partial charge is 3.00 e. The molecule has 0 aliphatic heterocycles. The maximum absolute atomic E-state index is 8.48. The molecule has 0 amide bonds. The molecule has 0 aromatic rings.